The van der Waals surface area contributed by atoms with Gasteiger partial charge in [0.1, 0.15) is 5.78 Å². The van der Waals surface area contributed by atoms with Gasteiger partial charge in [-0.3, -0.25) is 0 Å². The van der Waals surface area contributed by atoms with Gasteiger partial charge in [-0.1, -0.05) is 51.1 Å². The van der Waals surface area contributed by atoms with E-state index >= 15 is 0 Å². The Balaban J connectivity index is 2.97. The van der Waals surface area contributed by atoms with Gasteiger partial charge in [0.2, 0.25) is 0 Å². The molecule has 1 rings (SSSR count). The van der Waals surface area contributed by atoms with Gasteiger partial charge in [0, 0.05) is 6.42 Å². The van der Waals surface area contributed by atoms with Crippen LogP contribution >= 0.6 is 0 Å². The van der Waals surface area contributed by atoms with E-state index in [4.69, 9.17) is 0 Å². The molecule has 82 valence electrons. The zero-order valence-corrected chi connectivity index (χ0v) is 10.1. The molecule has 1 aromatic carbocycles. The Morgan fingerprint density at radius 1 is 1.20 bits per heavy atom. The van der Waals surface area contributed by atoms with Crippen molar-refractivity contribution in [3.8, 4) is 0 Å². The second kappa shape index (κ2) is 4.61. The second-order valence-corrected chi connectivity index (χ2v) is 5.24. The number of hydrogen-bond donors (Lipinski definition) is 0. The molecule has 0 saturated carbocycles. The molecule has 1 atom stereocenters. The first kappa shape index (κ1) is 12.0. The van der Waals surface area contributed by atoms with Crippen LogP contribution in [0.2, 0.25) is 0 Å². The highest BCUT2D eigenvalue weighted by atomic mass is 16.1. The van der Waals surface area contributed by atoms with Gasteiger partial charge in [0.05, 0.1) is 0 Å². The molecule has 0 amide bonds. The first-order valence-corrected chi connectivity index (χ1v) is 5.45. The topological polar surface area (TPSA) is 17.1 Å². The Hall–Kier alpha value is -1.11. The number of ketones is 1. The highest BCUT2D eigenvalue weighted by Gasteiger charge is 2.26. The molecule has 1 aromatic rings. The van der Waals surface area contributed by atoms with Crippen LogP contribution in [0.1, 0.15) is 45.6 Å². The number of carbonyl (C=O) groups excluding carboxylic acids is 1. The van der Waals surface area contributed by atoms with Crippen LogP contribution in [0.15, 0.2) is 30.3 Å². The minimum Gasteiger partial charge on any atom is -0.300 e. The molecule has 15 heavy (non-hydrogen) atoms. The highest BCUT2D eigenvalue weighted by molar-refractivity contribution is 5.76. The summed E-state index contributed by atoms with van der Waals surface area (Å²) in [6.07, 6.45) is 0.632. The molecular formula is C14H20O. The molecular weight excluding hydrogens is 184 g/mol. The summed E-state index contributed by atoms with van der Waals surface area (Å²) in [5, 5.41) is 0. The first-order chi connectivity index (χ1) is 6.91. The van der Waals surface area contributed by atoms with E-state index in [2.05, 4.69) is 32.9 Å². The maximum absolute atomic E-state index is 11.3. The van der Waals surface area contributed by atoms with Crippen molar-refractivity contribution >= 4 is 5.78 Å². The van der Waals surface area contributed by atoms with Gasteiger partial charge in [0.25, 0.3) is 0 Å². The Kier molecular flexibility index (Phi) is 3.67. The van der Waals surface area contributed by atoms with Gasteiger partial charge in [-0.2, -0.15) is 0 Å². The lowest BCUT2D eigenvalue weighted by Gasteiger charge is -2.30. The maximum Gasteiger partial charge on any atom is 0.130 e. The van der Waals surface area contributed by atoms with Gasteiger partial charge < -0.3 is 4.79 Å². The Labute approximate surface area is 92.5 Å². The molecule has 0 aliphatic heterocycles. The van der Waals surface area contributed by atoms with Crippen LogP contribution in [0.5, 0.6) is 0 Å². The third kappa shape index (κ3) is 3.50. The lowest BCUT2D eigenvalue weighted by atomic mass is 9.74. The largest absolute Gasteiger partial charge is 0.300 e. The predicted octanol–water partition coefficient (Wildman–Crippen LogP) is 3.80. The normalized spacial score (nSPS) is 13.6. The van der Waals surface area contributed by atoms with Crippen LogP contribution < -0.4 is 0 Å². The highest BCUT2D eigenvalue weighted by Crippen LogP contribution is 2.37. The van der Waals surface area contributed by atoms with Crippen molar-refractivity contribution in [2.24, 2.45) is 5.41 Å². The van der Waals surface area contributed by atoms with Crippen LogP contribution in [0, 0.1) is 5.41 Å². The van der Waals surface area contributed by atoms with E-state index < -0.39 is 0 Å². The SMILES string of the molecule is CC(=O)CC(c1ccccc1)C(C)(C)C. The molecule has 0 radical (unpaired) electrons. The average Bonchev–Trinajstić information content (AvgIpc) is 2.14. The monoisotopic (exact) mass is 204 g/mol. The van der Waals surface area contributed by atoms with E-state index in [1.165, 1.54) is 5.56 Å². The molecule has 0 spiro atoms. The summed E-state index contributed by atoms with van der Waals surface area (Å²) < 4.78 is 0. The van der Waals surface area contributed by atoms with E-state index in [0.29, 0.717) is 12.3 Å². The predicted molar refractivity (Wildman–Crippen MR) is 63.9 cm³/mol. The standard InChI is InChI=1S/C14H20O/c1-11(15)10-13(14(2,3)4)12-8-6-5-7-9-12/h5-9,13H,10H2,1-4H3. The minimum absolute atomic E-state index is 0.132. The summed E-state index contributed by atoms with van der Waals surface area (Å²) in [4.78, 5) is 11.3. The van der Waals surface area contributed by atoms with Crippen LogP contribution in [0.4, 0.5) is 0 Å². The molecule has 0 aliphatic rings. The molecule has 0 saturated heterocycles. The van der Waals surface area contributed by atoms with Gasteiger partial charge in [-0.05, 0) is 23.8 Å². The third-order valence-electron chi connectivity index (χ3n) is 2.74. The zero-order chi connectivity index (χ0) is 11.5. The zero-order valence-electron chi connectivity index (χ0n) is 10.1. The number of Topliss-reactive ketones (excluding diaryl/α,β-unsaturated/α-hetero) is 1. The Morgan fingerprint density at radius 3 is 2.13 bits per heavy atom. The first-order valence-electron chi connectivity index (χ1n) is 5.45. The lowest BCUT2D eigenvalue weighted by Crippen LogP contribution is -2.20. The molecule has 0 bridgehead atoms. The quantitative estimate of drug-likeness (QED) is 0.732. The van der Waals surface area contributed by atoms with E-state index in [1.807, 2.05) is 18.2 Å². The molecule has 1 heteroatoms. The van der Waals surface area contributed by atoms with Gasteiger partial charge >= 0.3 is 0 Å². The average molecular weight is 204 g/mol. The maximum atomic E-state index is 11.3. The number of carbonyl (C=O) groups is 1. The summed E-state index contributed by atoms with van der Waals surface area (Å²) in [5.41, 5.74) is 1.40. The van der Waals surface area contributed by atoms with Gasteiger partial charge in [-0.15, -0.1) is 0 Å². The number of hydrogen-bond acceptors (Lipinski definition) is 1. The van der Waals surface area contributed by atoms with Crippen molar-refractivity contribution in [2.75, 3.05) is 0 Å². The van der Waals surface area contributed by atoms with Gasteiger partial charge in [-0.25, -0.2) is 0 Å². The van der Waals surface area contributed by atoms with E-state index in [9.17, 15) is 4.79 Å². The molecule has 1 unspecified atom stereocenters. The Bertz CT molecular complexity index is 319. The minimum atomic E-state index is 0.132. The molecule has 0 aliphatic carbocycles. The van der Waals surface area contributed by atoms with Crippen LogP contribution in [0.3, 0.4) is 0 Å². The van der Waals surface area contributed by atoms with Crippen molar-refractivity contribution in [1.82, 2.24) is 0 Å². The summed E-state index contributed by atoms with van der Waals surface area (Å²) >= 11 is 0. The van der Waals surface area contributed by atoms with Gasteiger partial charge in [0.15, 0.2) is 0 Å². The summed E-state index contributed by atoms with van der Waals surface area (Å²) in [6.45, 7) is 8.23. The summed E-state index contributed by atoms with van der Waals surface area (Å²) in [6, 6.07) is 10.3. The summed E-state index contributed by atoms with van der Waals surface area (Å²) in [5.74, 6) is 0.579. The second-order valence-electron chi connectivity index (χ2n) is 5.24. The fourth-order valence-electron chi connectivity index (χ4n) is 1.90. The van der Waals surface area contributed by atoms with Crippen molar-refractivity contribution in [3.63, 3.8) is 0 Å². The Morgan fingerprint density at radius 2 is 1.73 bits per heavy atom. The lowest BCUT2D eigenvalue weighted by molar-refractivity contribution is -0.117. The van der Waals surface area contributed by atoms with E-state index in [1.54, 1.807) is 6.92 Å². The smallest absolute Gasteiger partial charge is 0.130 e. The van der Waals surface area contributed by atoms with Crippen molar-refractivity contribution in [3.05, 3.63) is 35.9 Å². The van der Waals surface area contributed by atoms with Crippen LogP contribution in [-0.2, 0) is 4.79 Å². The molecule has 0 aromatic heterocycles. The van der Waals surface area contributed by atoms with Crippen molar-refractivity contribution < 1.29 is 4.79 Å². The molecule has 0 heterocycles. The number of rotatable bonds is 3. The van der Waals surface area contributed by atoms with Crippen LogP contribution in [-0.4, -0.2) is 5.78 Å². The molecule has 1 nitrogen and oxygen atoms in total. The third-order valence-corrected chi connectivity index (χ3v) is 2.74. The van der Waals surface area contributed by atoms with Crippen LogP contribution in [0.25, 0.3) is 0 Å². The van der Waals surface area contributed by atoms with Crippen molar-refractivity contribution in [1.29, 1.82) is 0 Å². The molecule has 0 N–H and O–H groups in total. The number of benzene rings is 1. The molecule has 0 fully saturated rings. The van der Waals surface area contributed by atoms with E-state index in [0.717, 1.165) is 0 Å². The fourth-order valence-corrected chi connectivity index (χ4v) is 1.90. The van der Waals surface area contributed by atoms with E-state index in [-0.39, 0.29) is 11.2 Å². The fraction of sp³-hybridized carbons (Fsp3) is 0.500. The summed E-state index contributed by atoms with van der Waals surface area (Å²) in [7, 11) is 0. The van der Waals surface area contributed by atoms with Crippen molar-refractivity contribution in [2.45, 2.75) is 40.0 Å².